The molecule has 0 bridgehead atoms. The number of rotatable bonds is 8. The van der Waals surface area contributed by atoms with E-state index in [1.807, 2.05) is 0 Å². The van der Waals surface area contributed by atoms with Gasteiger partial charge in [0.2, 0.25) is 5.88 Å². The Morgan fingerprint density at radius 1 is 1.24 bits per heavy atom. The minimum Gasteiger partial charge on any atom is -0.473 e. The van der Waals surface area contributed by atoms with Crippen LogP contribution in [-0.2, 0) is 9.47 Å². The van der Waals surface area contributed by atoms with E-state index in [9.17, 15) is 9.59 Å². The number of fused-ring (bicyclic) bond motifs is 1. The second kappa shape index (κ2) is 10.4. The first-order chi connectivity index (χ1) is 18.1. The quantitative estimate of drug-likeness (QED) is 0.390. The van der Waals surface area contributed by atoms with Crippen LogP contribution >= 0.6 is 11.6 Å². The van der Waals surface area contributed by atoms with Crippen molar-refractivity contribution < 1.29 is 23.8 Å². The van der Waals surface area contributed by atoms with Gasteiger partial charge < -0.3 is 19.5 Å². The van der Waals surface area contributed by atoms with E-state index in [4.69, 9.17) is 30.8 Å². The molecule has 38 heavy (non-hydrogen) atoms. The second-order valence-corrected chi connectivity index (χ2v) is 11.1. The van der Waals surface area contributed by atoms with Gasteiger partial charge in [-0.05, 0) is 46.1 Å². The molecule has 0 spiro atoms. The Labute approximate surface area is 225 Å². The maximum atomic E-state index is 13.1. The van der Waals surface area contributed by atoms with Gasteiger partial charge in [-0.1, -0.05) is 11.6 Å². The van der Waals surface area contributed by atoms with Gasteiger partial charge in [-0.25, -0.2) is 14.8 Å². The van der Waals surface area contributed by atoms with E-state index in [-0.39, 0.29) is 17.8 Å². The molecule has 1 aliphatic carbocycles. The maximum absolute atomic E-state index is 13.1. The Hall–Kier alpha value is -3.44. The Morgan fingerprint density at radius 3 is 2.63 bits per heavy atom. The molecular weight excluding hydrogens is 512 g/mol. The molecule has 0 radical (unpaired) electrons. The number of hydrogen-bond acceptors (Lipinski definition) is 9. The van der Waals surface area contributed by atoms with E-state index in [2.05, 4.69) is 15.4 Å². The number of carbonyl (C=O) groups is 2. The highest BCUT2D eigenvalue weighted by atomic mass is 35.5. The van der Waals surface area contributed by atoms with Crippen LogP contribution in [0.2, 0.25) is 5.02 Å². The number of carbonyl (C=O) groups excluding carboxylic acids is 2. The summed E-state index contributed by atoms with van der Waals surface area (Å²) < 4.78 is 18.3. The number of amides is 1. The number of hydrogen-bond donors (Lipinski definition) is 1. The predicted octanol–water partition coefficient (Wildman–Crippen LogP) is 5.04. The highest BCUT2D eigenvalue weighted by molar-refractivity contribution is 6.30. The van der Waals surface area contributed by atoms with Crippen molar-refractivity contribution in [1.29, 1.82) is 0 Å². The minimum absolute atomic E-state index is 0.0951. The van der Waals surface area contributed by atoms with E-state index in [0.29, 0.717) is 59.1 Å². The maximum Gasteiger partial charge on any atom is 0.415 e. The first-order valence-electron chi connectivity index (χ1n) is 12.6. The summed E-state index contributed by atoms with van der Waals surface area (Å²) in [5, 5.41) is 8.04. The van der Waals surface area contributed by atoms with Gasteiger partial charge in [0.05, 0.1) is 30.0 Å². The topological polar surface area (TPSA) is 120 Å². The highest BCUT2D eigenvalue weighted by Crippen LogP contribution is 2.34. The number of nitrogens with one attached hydrogen (secondary N) is 1. The molecule has 1 aliphatic heterocycles. The van der Waals surface area contributed by atoms with Crippen molar-refractivity contribution in [3.05, 3.63) is 35.1 Å². The van der Waals surface area contributed by atoms with Gasteiger partial charge in [-0.3, -0.25) is 9.69 Å². The van der Waals surface area contributed by atoms with Crippen molar-refractivity contribution in [2.24, 2.45) is 5.92 Å². The van der Waals surface area contributed by atoms with Crippen LogP contribution in [0.1, 0.15) is 56.8 Å². The molecule has 0 atom stereocenters. The standard InChI is InChI=1S/C26H31ClN6O5/c1-26(2,3)38-25(35)32(4)22-10-21(30-19-9-16(27)11-28-24(19)37-17-6-5-7-17)31-23-18(12-29-33(22)23)20(34)8-15-13-36-14-15/h9-12,15,17H,5-8,13-14H2,1-4H3,(H,30,31). The lowest BCUT2D eigenvalue weighted by molar-refractivity contribution is -0.0321. The lowest BCUT2D eigenvalue weighted by Gasteiger charge is -2.27. The van der Waals surface area contributed by atoms with Crippen molar-refractivity contribution in [2.45, 2.75) is 58.2 Å². The molecule has 4 heterocycles. The van der Waals surface area contributed by atoms with Crippen LogP contribution in [0.4, 0.5) is 22.1 Å². The third-order valence-electron chi connectivity index (χ3n) is 6.36. The molecule has 0 unspecified atom stereocenters. The van der Waals surface area contributed by atoms with Crippen LogP contribution < -0.4 is 15.0 Å². The number of ether oxygens (including phenoxy) is 3. The molecule has 1 saturated heterocycles. The SMILES string of the molecule is CN(C(=O)OC(C)(C)C)c1cc(Nc2cc(Cl)cnc2OC2CCC2)nc2c(C(=O)CC3COC3)cnn12. The summed E-state index contributed by atoms with van der Waals surface area (Å²) in [4.78, 5) is 36.5. The Kier molecular flexibility index (Phi) is 7.15. The Morgan fingerprint density at radius 2 is 2.00 bits per heavy atom. The van der Waals surface area contributed by atoms with Gasteiger partial charge >= 0.3 is 6.09 Å². The van der Waals surface area contributed by atoms with E-state index in [0.717, 1.165) is 19.3 Å². The fourth-order valence-corrected chi connectivity index (χ4v) is 4.20. The fourth-order valence-electron chi connectivity index (χ4n) is 4.04. The van der Waals surface area contributed by atoms with Gasteiger partial charge in [0.25, 0.3) is 0 Å². The summed E-state index contributed by atoms with van der Waals surface area (Å²) in [5.74, 6) is 1.19. The average Bonchev–Trinajstić information content (AvgIpc) is 3.21. The van der Waals surface area contributed by atoms with Crippen LogP contribution in [-0.4, -0.2) is 63.4 Å². The molecule has 2 fully saturated rings. The van der Waals surface area contributed by atoms with Gasteiger partial charge in [0.15, 0.2) is 11.4 Å². The second-order valence-electron chi connectivity index (χ2n) is 10.7. The fraction of sp³-hybridized carbons (Fsp3) is 0.500. The van der Waals surface area contributed by atoms with Gasteiger partial charge in [0, 0.05) is 31.6 Å². The van der Waals surface area contributed by atoms with E-state index >= 15 is 0 Å². The van der Waals surface area contributed by atoms with E-state index in [1.165, 1.54) is 21.8 Å². The van der Waals surface area contributed by atoms with Crippen molar-refractivity contribution in [3.63, 3.8) is 0 Å². The Balaban J connectivity index is 1.54. The van der Waals surface area contributed by atoms with E-state index < -0.39 is 11.7 Å². The molecule has 2 aliphatic rings. The first-order valence-corrected chi connectivity index (χ1v) is 13.0. The Bertz CT molecular complexity index is 1360. The van der Waals surface area contributed by atoms with Crippen LogP contribution in [0.5, 0.6) is 5.88 Å². The van der Waals surface area contributed by atoms with Crippen LogP contribution in [0, 0.1) is 5.92 Å². The lowest BCUT2D eigenvalue weighted by atomic mass is 9.96. The summed E-state index contributed by atoms with van der Waals surface area (Å²) in [6.45, 7) is 6.49. The smallest absolute Gasteiger partial charge is 0.415 e. The van der Waals surface area contributed by atoms with Crippen molar-refractivity contribution in [1.82, 2.24) is 19.6 Å². The average molecular weight is 543 g/mol. The van der Waals surface area contributed by atoms with Gasteiger partial charge in [-0.15, -0.1) is 0 Å². The summed E-state index contributed by atoms with van der Waals surface area (Å²) in [6.07, 6.45) is 5.90. The molecule has 3 aromatic rings. The largest absolute Gasteiger partial charge is 0.473 e. The third-order valence-corrected chi connectivity index (χ3v) is 6.56. The molecule has 12 heteroatoms. The molecule has 5 rings (SSSR count). The summed E-state index contributed by atoms with van der Waals surface area (Å²) in [6, 6.07) is 3.34. The number of nitrogens with zero attached hydrogens (tertiary/aromatic N) is 5. The molecule has 0 aromatic carbocycles. The summed E-state index contributed by atoms with van der Waals surface area (Å²) in [7, 11) is 1.58. The number of aromatic nitrogens is 4. The predicted molar refractivity (Wildman–Crippen MR) is 142 cm³/mol. The third kappa shape index (κ3) is 5.68. The zero-order valence-corrected chi connectivity index (χ0v) is 22.6. The van der Waals surface area contributed by atoms with Crippen LogP contribution in [0.15, 0.2) is 24.5 Å². The van der Waals surface area contributed by atoms with Crippen LogP contribution in [0.25, 0.3) is 5.65 Å². The number of Topliss-reactive ketones (excluding diaryl/α,β-unsaturated/α-hetero) is 1. The molecule has 1 saturated carbocycles. The van der Waals surface area contributed by atoms with Gasteiger partial charge in [-0.2, -0.15) is 9.61 Å². The first kappa shape index (κ1) is 26.2. The number of ketones is 1. The van der Waals surface area contributed by atoms with E-state index in [1.54, 1.807) is 40.0 Å². The summed E-state index contributed by atoms with van der Waals surface area (Å²) >= 11 is 6.25. The molecular formula is C26H31ClN6O5. The highest BCUT2D eigenvalue weighted by Gasteiger charge is 2.28. The zero-order chi connectivity index (χ0) is 27.0. The van der Waals surface area contributed by atoms with Crippen molar-refractivity contribution in [3.8, 4) is 5.88 Å². The zero-order valence-electron chi connectivity index (χ0n) is 21.9. The molecule has 1 amide bonds. The van der Waals surface area contributed by atoms with Crippen LogP contribution in [0.3, 0.4) is 0 Å². The number of halogens is 1. The number of pyridine rings is 1. The molecule has 1 N–H and O–H groups in total. The lowest BCUT2D eigenvalue weighted by Crippen LogP contribution is -2.35. The van der Waals surface area contributed by atoms with Gasteiger partial charge in [0.1, 0.15) is 29.0 Å². The number of anilines is 3. The van der Waals surface area contributed by atoms with Crippen molar-refractivity contribution in [2.75, 3.05) is 30.5 Å². The minimum atomic E-state index is -0.700. The monoisotopic (exact) mass is 542 g/mol. The summed E-state index contributed by atoms with van der Waals surface area (Å²) in [5.41, 5.74) is 0.484. The molecule has 202 valence electrons. The molecule has 3 aromatic heterocycles. The molecule has 11 nitrogen and oxygen atoms in total. The van der Waals surface area contributed by atoms with Crippen molar-refractivity contribution >= 4 is 46.4 Å². The normalized spacial score (nSPS) is 16.0.